The second-order valence-corrected chi connectivity index (χ2v) is 11.9. The summed E-state index contributed by atoms with van der Waals surface area (Å²) in [6.07, 6.45) is 1.34. The van der Waals surface area contributed by atoms with E-state index in [0.717, 1.165) is 36.2 Å². The summed E-state index contributed by atoms with van der Waals surface area (Å²) in [6, 6.07) is 10.1. The number of amides is 1. The van der Waals surface area contributed by atoms with Gasteiger partial charge in [0.1, 0.15) is 22.8 Å². The maximum atomic E-state index is 14.0. The summed E-state index contributed by atoms with van der Waals surface area (Å²) in [6.45, 7) is 3.91. The van der Waals surface area contributed by atoms with Gasteiger partial charge in [-0.3, -0.25) is 19.3 Å². The van der Waals surface area contributed by atoms with Crippen LogP contribution in [-0.2, 0) is 27.3 Å². The van der Waals surface area contributed by atoms with Gasteiger partial charge in [-0.15, -0.1) is 0 Å². The number of aromatic hydroxyl groups is 1. The van der Waals surface area contributed by atoms with E-state index in [1.807, 2.05) is 24.3 Å². The van der Waals surface area contributed by atoms with Gasteiger partial charge < -0.3 is 31.1 Å². The van der Waals surface area contributed by atoms with Crippen LogP contribution in [0.3, 0.4) is 0 Å². The molecule has 0 saturated heterocycles. The summed E-state index contributed by atoms with van der Waals surface area (Å²) in [5.41, 5.74) is 5.24. The Morgan fingerprint density at radius 1 is 1.05 bits per heavy atom. The number of phenolic OH excluding ortho intramolecular Hbond substituents is 1. The van der Waals surface area contributed by atoms with Gasteiger partial charge in [0.15, 0.2) is 11.4 Å². The van der Waals surface area contributed by atoms with E-state index < -0.39 is 58.0 Å². The van der Waals surface area contributed by atoms with E-state index in [4.69, 9.17) is 5.73 Å². The average Bonchev–Trinajstić information content (AvgIpc) is 2.91. The van der Waals surface area contributed by atoms with Crippen molar-refractivity contribution in [3.8, 4) is 16.9 Å². The molecule has 10 heteroatoms. The number of ketones is 2. The smallest absolute Gasteiger partial charge is 0.255 e. The van der Waals surface area contributed by atoms with Crippen LogP contribution in [0.4, 0.5) is 0 Å². The third kappa shape index (κ3) is 4.41. The molecular weight excluding hydrogens is 538 g/mol. The normalized spacial score (nSPS) is 25.5. The van der Waals surface area contributed by atoms with Crippen molar-refractivity contribution in [3.63, 3.8) is 0 Å². The Morgan fingerprint density at radius 2 is 1.71 bits per heavy atom. The SMILES string of the molecule is CCCN(C)Cc1ccc(-c2ccc(O)c3c2CC2CC4C(N(C)C)C(=O)C(C(N)=O)=C(O)C4(O)C(=O)C2=C3O)cc1. The minimum atomic E-state index is -2.65. The summed E-state index contributed by atoms with van der Waals surface area (Å²) in [5.74, 6) is -6.63. The van der Waals surface area contributed by atoms with Gasteiger partial charge in [-0.1, -0.05) is 37.3 Å². The fraction of sp³-hybridized carbons (Fsp3) is 0.406. The second kappa shape index (κ2) is 10.7. The van der Waals surface area contributed by atoms with Crippen LogP contribution in [-0.4, -0.2) is 87.0 Å². The zero-order chi connectivity index (χ0) is 30.7. The summed E-state index contributed by atoms with van der Waals surface area (Å²) in [4.78, 5) is 43.1. The Hall–Kier alpha value is -3.99. The van der Waals surface area contributed by atoms with E-state index in [9.17, 15) is 34.8 Å². The van der Waals surface area contributed by atoms with Crippen LogP contribution in [0, 0.1) is 11.8 Å². The van der Waals surface area contributed by atoms with Crippen LogP contribution in [0.15, 0.2) is 53.3 Å². The Morgan fingerprint density at radius 3 is 2.31 bits per heavy atom. The third-order valence-corrected chi connectivity index (χ3v) is 8.93. The van der Waals surface area contributed by atoms with Gasteiger partial charge in [0, 0.05) is 18.0 Å². The van der Waals surface area contributed by atoms with Crippen LogP contribution in [0.5, 0.6) is 5.75 Å². The van der Waals surface area contributed by atoms with Crippen molar-refractivity contribution in [2.24, 2.45) is 17.6 Å². The highest BCUT2D eigenvalue weighted by molar-refractivity contribution is 6.24. The van der Waals surface area contributed by atoms with Crippen molar-refractivity contribution in [3.05, 3.63) is 70.0 Å². The minimum Gasteiger partial charge on any atom is -0.508 e. The molecular formula is C32H37N3O7. The highest BCUT2D eigenvalue weighted by Crippen LogP contribution is 2.53. The fourth-order valence-corrected chi connectivity index (χ4v) is 7.08. The number of hydrogen-bond acceptors (Lipinski definition) is 9. The van der Waals surface area contributed by atoms with Crippen LogP contribution in [0.1, 0.15) is 36.5 Å². The van der Waals surface area contributed by atoms with Gasteiger partial charge in [-0.05, 0) is 81.2 Å². The number of nitrogens with two attached hydrogens (primary N) is 1. The van der Waals surface area contributed by atoms with Gasteiger partial charge >= 0.3 is 0 Å². The number of rotatable bonds is 7. The molecule has 2 aromatic carbocycles. The molecule has 0 radical (unpaired) electrons. The highest BCUT2D eigenvalue weighted by Gasteiger charge is 2.64. The lowest BCUT2D eigenvalue weighted by Crippen LogP contribution is -2.65. The Labute approximate surface area is 244 Å². The average molecular weight is 576 g/mol. The molecule has 1 saturated carbocycles. The maximum Gasteiger partial charge on any atom is 0.255 e. The number of hydrogen-bond donors (Lipinski definition) is 5. The van der Waals surface area contributed by atoms with E-state index in [1.54, 1.807) is 20.2 Å². The van der Waals surface area contributed by atoms with E-state index >= 15 is 0 Å². The Balaban J connectivity index is 1.62. The number of primary amides is 1. The number of carbonyl (C=O) groups excluding carboxylic acids is 3. The molecule has 0 bridgehead atoms. The molecule has 0 heterocycles. The lowest BCUT2D eigenvalue weighted by atomic mass is 9.57. The maximum absolute atomic E-state index is 14.0. The van der Waals surface area contributed by atoms with Gasteiger partial charge in [-0.2, -0.15) is 0 Å². The van der Waals surface area contributed by atoms with Gasteiger partial charge in [0.05, 0.1) is 11.6 Å². The van der Waals surface area contributed by atoms with Crippen molar-refractivity contribution in [1.29, 1.82) is 0 Å². The van der Waals surface area contributed by atoms with Gasteiger partial charge in [-0.25, -0.2) is 0 Å². The number of carbonyl (C=O) groups is 3. The lowest BCUT2D eigenvalue weighted by Gasteiger charge is -2.50. The minimum absolute atomic E-state index is 0.0452. The molecule has 1 fully saturated rings. The first-order valence-electron chi connectivity index (χ1n) is 14.1. The lowest BCUT2D eigenvalue weighted by molar-refractivity contribution is -0.153. The van der Waals surface area contributed by atoms with E-state index in [-0.39, 0.29) is 29.7 Å². The van der Waals surface area contributed by atoms with Gasteiger partial charge in [0.2, 0.25) is 5.78 Å². The third-order valence-electron chi connectivity index (χ3n) is 8.93. The molecule has 5 rings (SSSR count). The largest absolute Gasteiger partial charge is 0.508 e. The summed E-state index contributed by atoms with van der Waals surface area (Å²) in [5, 5.41) is 45.0. The van der Waals surface area contributed by atoms with Crippen molar-refractivity contribution >= 4 is 23.2 Å². The van der Waals surface area contributed by atoms with Crippen molar-refractivity contribution in [2.75, 3.05) is 27.7 Å². The molecule has 0 aliphatic heterocycles. The predicted molar refractivity (Wildman–Crippen MR) is 156 cm³/mol. The summed E-state index contributed by atoms with van der Waals surface area (Å²) >= 11 is 0. The molecule has 3 aliphatic rings. The number of benzene rings is 2. The zero-order valence-corrected chi connectivity index (χ0v) is 24.2. The summed E-state index contributed by atoms with van der Waals surface area (Å²) in [7, 11) is 5.22. The molecule has 4 unspecified atom stereocenters. The molecule has 6 N–H and O–H groups in total. The Bertz CT molecular complexity index is 1540. The number of aliphatic hydroxyl groups is 3. The number of nitrogens with zero attached hydrogens (tertiary/aromatic N) is 2. The van der Waals surface area contributed by atoms with Crippen LogP contribution >= 0.6 is 0 Å². The first kappa shape index (κ1) is 29.5. The molecule has 2 aromatic rings. The number of fused-ring (bicyclic) bond motifs is 3. The summed E-state index contributed by atoms with van der Waals surface area (Å²) < 4.78 is 0. The highest BCUT2D eigenvalue weighted by atomic mass is 16.3. The first-order valence-corrected chi connectivity index (χ1v) is 14.1. The monoisotopic (exact) mass is 575 g/mol. The fourth-order valence-electron chi connectivity index (χ4n) is 7.08. The topological polar surface area (TPSA) is 165 Å². The second-order valence-electron chi connectivity index (χ2n) is 11.9. The number of likely N-dealkylation sites (N-methyl/N-ethyl adjacent to an activating group) is 1. The molecule has 3 aliphatic carbocycles. The number of aliphatic hydroxyl groups excluding tert-OH is 2. The Kier molecular flexibility index (Phi) is 7.51. The zero-order valence-electron chi connectivity index (χ0n) is 24.2. The van der Waals surface area contributed by atoms with Crippen molar-refractivity contribution in [2.45, 2.75) is 44.4 Å². The molecule has 42 heavy (non-hydrogen) atoms. The van der Waals surface area contributed by atoms with Crippen LogP contribution in [0.2, 0.25) is 0 Å². The standard InChI is InChI=1S/C32H37N3O7/c1-5-12-35(4)15-16-6-8-17(9-7-16)19-10-11-22(36)24-20(19)13-18-14-21-26(34(2)3)28(38)25(31(33)41)30(40)32(21,42)29(39)23(18)27(24)37/h6-11,18,21,26,36-37,40,42H,5,12-15H2,1-4H3,(H2,33,41). The molecule has 4 atom stereocenters. The van der Waals surface area contributed by atoms with E-state index in [0.29, 0.717) is 5.56 Å². The molecule has 10 nitrogen and oxygen atoms in total. The number of phenols is 1. The predicted octanol–water partition coefficient (Wildman–Crippen LogP) is 2.47. The first-order chi connectivity index (χ1) is 19.8. The molecule has 222 valence electrons. The molecule has 0 spiro atoms. The van der Waals surface area contributed by atoms with E-state index in [2.05, 4.69) is 18.9 Å². The molecule has 1 amide bonds. The number of Topliss-reactive ketones (excluding diaryl/α,β-unsaturated/α-hetero) is 2. The van der Waals surface area contributed by atoms with Crippen LogP contribution in [0.25, 0.3) is 16.9 Å². The van der Waals surface area contributed by atoms with Crippen molar-refractivity contribution in [1.82, 2.24) is 9.80 Å². The quantitative estimate of drug-likeness (QED) is 0.312. The van der Waals surface area contributed by atoms with E-state index in [1.165, 1.54) is 11.0 Å². The van der Waals surface area contributed by atoms with Crippen molar-refractivity contribution < 1.29 is 34.8 Å². The molecule has 0 aromatic heterocycles. The van der Waals surface area contributed by atoms with Crippen LogP contribution < -0.4 is 5.73 Å². The van der Waals surface area contributed by atoms with Gasteiger partial charge in [0.25, 0.3) is 5.91 Å².